The van der Waals surface area contributed by atoms with E-state index in [-0.39, 0.29) is 11.9 Å². The minimum absolute atomic E-state index is 0.0712. The van der Waals surface area contributed by atoms with Crippen molar-refractivity contribution in [2.75, 3.05) is 18.0 Å². The highest BCUT2D eigenvalue weighted by Crippen LogP contribution is 2.38. The zero-order chi connectivity index (χ0) is 22.5. The van der Waals surface area contributed by atoms with Gasteiger partial charge in [0, 0.05) is 36.9 Å². The van der Waals surface area contributed by atoms with Crippen molar-refractivity contribution in [2.45, 2.75) is 56.5 Å². The molecule has 2 fully saturated rings. The Kier molecular flexibility index (Phi) is 6.82. The Balaban J connectivity index is 1.33. The van der Waals surface area contributed by atoms with Crippen LogP contribution in [0, 0.1) is 0 Å². The van der Waals surface area contributed by atoms with Crippen LogP contribution in [0.3, 0.4) is 0 Å². The van der Waals surface area contributed by atoms with Gasteiger partial charge in [-0.3, -0.25) is 14.7 Å². The Hall–Kier alpha value is -2.98. The van der Waals surface area contributed by atoms with Gasteiger partial charge in [-0.05, 0) is 61.4 Å². The van der Waals surface area contributed by atoms with Crippen LogP contribution in [0.25, 0.3) is 0 Å². The number of nitrogens with zero attached hydrogens (tertiary/aromatic N) is 3. The molecule has 33 heavy (non-hydrogen) atoms. The van der Waals surface area contributed by atoms with Crippen LogP contribution in [0.1, 0.15) is 60.4 Å². The van der Waals surface area contributed by atoms with E-state index < -0.39 is 0 Å². The van der Waals surface area contributed by atoms with Crippen molar-refractivity contribution >= 4 is 11.6 Å². The number of anilines is 1. The van der Waals surface area contributed by atoms with Crippen molar-refractivity contribution in [1.29, 1.82) is 0 Å². The third kappa shape index (κ3) is 4.86. The van der Waals surface area contributed by atoms with E-state index in [2.05, 4.69) is 40.2 Å². The number of likely N-dealkylation sites (tertiary alicyclic amines) is 1. The number of carbonyl (C=O) groups is 1. The van der Waals surface area contributed by atoms with E-state index in [1.165, 1.54) is 31.2 Å². The van der Waals surface area contributed by atoms with Gasteiger partial charge in [-0.15, -0.1) is 0 Å². The summed E-state index contributed by atoms with van der Waals surface area (Å²) in [6.45, 7) is 2.08. The summed E-state index contributed by atoms with van der Waals surface area (Å²) < 4.78 is 0. The van der Waals surface area contributed by atoms with Crippen molar-refractivity contribution in [3.63, 3.8) is 0 Å². The molecule has 2 aliphatic rings. The number of benzene rings is 2. The Morgan fingerprint density at radius 3 is 2.21 bits per heavy atom. The van der Waals surface area contributed by atoms with Crippen LogP contribution in [-0.2, 0) is 0 Å². The molecule has 1 aromatic heterocycles. The monoisotopic (exact) mass is 439 g/mol. The lowest BCUT2D eigenvalue weighted by molar-refractivity contribution is 0.0895. The lowest BCUT2D eigenvalue weighted by Gasteiger charge is -2.45. The van der Waals surface area contributed by atoms with E-state index in [1.54, 1.807) is 6.20 Å². The second kappa shape index (κ2) is 10.3. The highest BCUT2D eigenvalue weighted by atomic mass is 16.2. The predicted molar refractivity (Wildman–Crippen MR) is 134 cm³/mol. The summed E-state index contributed by atoms with van der Waals surface area (Å²) in [5.74, 6) is 0.693. The summed E-state index contributed by atoms with van der Waals surface area (Å²) in [7, 11) is 0. The molecule has 5 rings (SSSR count). The van der Waals surface area contributed by atoms with Crippen LogP contribution >= 0.6 is 0 Å². The number of piperidine rings is 1. The van der Waals surface area contributed by atoms with E-state index in [0.29, 0.717) is 12.0 Å². The highest BCUT2D eigenvalue weighted by Gasteiger charge is 2.36. The second-order valence-electron chi connectivity index (χ2n) is 9.39. The topological polar surface area (TPSA) is 36.4 Å². The number of aromatic nitrogens is 1. The van der Waals surface area contributed by atoms with Gasteiger partial charge in [0.15, 0.2) is 0 Å². The molecule has 0 N–H and O–H groups in total. The SMILES string of the molecule is O=C(c1ccccc1)N(c1cccnc1)C1CCN(C2CCCCC2c2ccccc2)CC1. The number of amides is 1. The Bertz CT molecular complexity index is 1020. The van der Waals surface area contributed by atoms with Crippen LogP contribution in [0.15, 0.2) is 85.2 Å². The first-order valence-corrected chi connectivity index (χ1v) is 12.4. The zero-order valence-corrected chi connectivity index (χ0v) is 19.2. The molecule has 2 unspecified atom stereocenters. The van der Waals surface area contributed by atoms with Gasteiger partial charge in [-0.2, -0.15) is 0 Å². The maximum absolute atomic E-state index is 13.5. The average molecular weight is 440 g/mol. The van der Waals surface area contributed by atoms with E-state index in [0.717, 1.165) is 37.2 Å². The summed E-state index contributed by atoms with van der Waals surface area (Å²) >= 11 is 0. The fraction of sp³-hybridized carbons (Fsp3) is 0.379. The fourth-order valence-electron chi connectivity index (χ4n) is 5.82. The maximum atomic E-state index is 13.5. The molecule has 0 bridgehead atoms. The van der Waals surface area contributed by atoms with Crippen molar-refractivity contribution in [3.8, 4) is 0 Å². The summed E-state index contributed by atoms with van der Waals surface area (Å²) in [6.07, 6.45) is 10.8. The first kappa shape index (κ1) is 21.8. The number of carbonyl (C=O) groups excluding carboxylic acids is 1. The molecule has 0 radical (unpaired) electrons. The zero-order valence-electron chi connectivity index (χ0n) is 19.2. The van der Waals surface area contributed by atoms with Gasteiger partial charge >= 0.3 is 0 Å². The van der Waals surface area contributed by atoms with E-state index in [9.17, 15) is 4.79 Å². The molecular formula is C29H33N3O. The molecule has 4 nitrogen and oxygen atoms in total. The average Bonchev–Trinajstić information content (AvgIpc) is 2.91. The van der Waals surface area contributed by atoms with Gasteiger partial charge in [0.05, 0.1) is 11.9 Å². The molecule has 2 heterocycles. The van der Waals surface area contributed by atoms with Crippen molar-refractivity contribution in [1.82, 2.24) is 9.88 Å². The van der Waals surface area contributed by atoms with E-state index in [4.69, 9.17) is 0 Å². The van der Waals surface area contributed by atoms with Crippen LogP contribution in [-0.4, -0.2) is 41.0 Å². The lowest BCUT2D eigenvalue weighted by atomic mass is 9.78. The molecule has 170 valence electrons. The van der Waals surface area contributed by atoms with Crippen molar-refractivity contribution in [3.05, 3.63) is 96.3 Å². The molecule has 1 aliphatic carbocycles. The van der Waals surface area contributed by atoms with Crippen LogP contribution in [0.2, 0.25) is 0 Å². The molecule has 2 atom stereocenters. The molecule has 1 aliphatic heterocycles. The van der Waals surface area contributed by atoms with Crippen LogP contribution in [0.4, 0.5) is 5.69 Å². The third-order valence-electron chi connectivity index (χ3n) is 7.45. The van der Waals surface area contributed by atoms with Gasteiger partial charge in [-0.1, -0.05) is 61.4 Å². The van der Waals surface area contributed by atoms with Crippen molar-refractivity contribution < 1.29 is 4.79 Å². The summed E-state index contributed by atoms with van der Waals surface area (Å²) in [5, 5.41) is 0. The van der Waals surface area contributed by atoms with Gasteiger partial charge in [0.25, 0.3) is 5.91 Å². The van der Waals surface area contributed by atoms with Gasteiger partial charge in [0.1, 0.15) is 0 Å². The minimum atomic E-state index is 0.0712. The maximum Gasteiger partial charge on any atom is 0.258 e. The molecule has 3 aromatic rings. The smallest absolute Gasteiger partial charge is 0.258 e. The summed E-state index contributed by atoms with van der Waals surface area (Å²) in [6, 6.07) is 25.4. The Morgan fingerprint density at radius 2 is 1.52 bits per heavy atom. The van der Waals surface area contributed by atoms with Crippen LogP contribution in [0.5, 0.6) is 0 Å². The van der Waals surface area contributed by atoms with E-state index >= 15 is 0 Å². The third-order valence-corrected chi connectivity index (χ3v) is 7.45. The minimum Gasteiger partial charge on any atom is -0.304 e. The molecule has 1 amide bonds. The number of hydrogen-bond acceptors (Lipinski definition) is 3. The largest absolute Gasteiger partial charge is 0.304 e. The Labute approximate surface area is 197 Å². The normalized spacial score (nSPS) is 22.1. The quantitative estimate of drug-likeness (QED) is 0.495. The number of hydrogen-bond donors (Lipinski definition) is 0. The fourth-order valence-corrected chi connectivity index (χ4v) is 5.82. The van der Waals surface area contributed by atoms with Gasteiger partial charge in [-0.25, -0.2) is 0 Å². The molecule has 1 saturated heterocycles. The summed E-state index contributed by atoms with van der Waals surface area (Å²) in [5.41, 5.74) is 3.12. The first-order valence-electron chi connectivity index (χ1n) is 12.4. The van der Waals surface area contributed by atoms with Crippen molar-refractivity contribution in [2.24, 2.45) is 0 Å². The summed E-state index contributed by atoms with van der Waals surface area (Å²) in [4.78, 5) is 22.6. The van der Waals surface area contributed by atoms with Crippen LogP contribution < -0.4 is 4.90 Å². The molecular weight excluding hydrogens is 406 g/mol. The number of rotatable bonds is 5. The predicted octanol–water partition coefficient (Wildman–Crippen LogP) is 5.92. The molecule has 4 heteroatoms. The van der Waals surface area contributed by atoms with E-state index in [1.807, 2.05) is 53.6 Å². The molecule has 1 saturated carbocycles. The molecule has 0 spiro atoms. The Morgan fingerprint density at radius 1 is 0.818 bits per heavy atom. The highest BCUT2D eigenvalue weighted by molar-refractivity contribution is 6.06. The second-order valence-corrected chi connectivity index (χ2v) is 9.39. The molecule has 2 aromatic carbocycles. The van der Waals surface area contributed by atoms with Gasteiger partial charge in [0.2, 0.25) is 0 Å². The van der Waals surface area contributed by atoms with Gasteiger partial charge < -0.3 is 4.90 Å². The number of pyridine rings is 1. The lowest BCUT2D eigenvalue weighted by Crippen LogP contribution is -2.51. The first-order chi connectivity index (χ1) is 16.3. The standard InChI is InChI=1S/C29H33N3O/c33-29(24-12-5-2-6-13-24)32(26-14-9-19-30-22-26)25-17-20-31(21-18-25)28-16-8-7-15-27(28)23-10-3-1-4-11-23/h1-6,9-14,19,22,25,27-28H,7-8,15-18,20-21H2.